The van der Waals surface area contributed by atoms with Crippen molar-refractivity contribution in [1.82, 2.24) is 44.9 Å². The van der Waals surface area contributed by atoms with Crippen LogP contribution in [0.1, 0.15) is 70.4 Å². The van der Waals surface area contributed by atoms with Gasteiger partial charge in [0.1, 0.15) is 30.0 Å². The van der Waals surface area contributed by atoms with Crippen molar-refractivity contribution in [2.24, 2.45) is 11.7 Å². The van der Waals surface area contributed by atoms with Gasteiger partial charge in [0.25, 0.3) is 11.8 Å². The third-order valence-corrected chi connectivity index (χ3v) is 12.4. The first-order chi connectivity index (χ1) is 36.7. The van der Waals surface area contributed by atoms with Crippen molar-refractivity contribution in [1.29, 1.82) is 0 Å². The van der Waals surface area contributed by atoms with Crippen molar-refractivity contribution in [2.45, 2.75) is 84.5 Å². The Morgan fingerprint density at radius 3 is 2.13 bits per heavy atom. The summed E-state index contributed by atoms with van der Waals surface area (Å²) in [5.41, 5.74) is 14.1. The number of carbonyl (C=O) groups is 6. The van der Waals surface area contributed by atoms with Crippen LogP contribution >= 0.6 is 0 Å². The second-order valence-corrected chi connectivity index (χ2v) is 18.4. The van der Waals surface area contributed by atoms with Crippen molar-refractivity contribution < 1.29 is 52.5 Å². The molecule has 25 nitrogen and oxygen atoms in total. The number of imide groups is 1. The van der Waals surface area contributed by atoms with Crippen LogP contribution in [0.15, 0.2) is 59.5 Å². The topological polar surface area (TPSA) is 323 Å². The summed E-state index contributed by atoms with van der Waals surface area (Å²) in [4.78, 5) is 110. The Balaban J connectivity index is 0.882. The van der Waals surface area contributed by atoms with E-state index >= 15 is 0 Å². The number of imidazole rings is 1. The highest BCUT2D eigenvalue weighted by Crippen LogP contribution is 2.21. The molecule has 1 aromatic carbocycles. The first kappa shape index (κ1) is 57.8. The third kappa shape index (κ3) is 17.3. The normalized spacial score (nSPS) is 14.4. The molecular weight excluding hydrogens is 987 g/mol. The van der Waals surface area contributed by atoms with E-state index in [1.165, 1.54) is 16.7 Å². The van der Waals surface area contributed by atoms with Crippen LogP contribution in [-0.4, -0.2) is 168 Å². The zero-order valence-electron chi connectivity index (χ0n) is 43.5. The van der Waals surface area contributed by atoms with Crippen LogP contribution in [0.2, 0.25) is 0 Å². The maximum atomic E-state index is 13.6. The van der Waals surface area contributed by atoms with Gasteiger partial charge in [-0.15, -0.1) is 0 Å². The Hall–Kier alpha value is -7.48. The number of H-pyrrole nitrogens is 1. The van der Waals surface area contributed by atoms with E-state index in [0.29, 0.717) is 81.0 Å². The van der Waals surface area contributed by atoms with E-state index in [0.717, 1.165) is 29.1 Å². The van der Waals surface area contributed by atoms with Crippen LogP contribution in [0, 0.1) is 5.92 Å². The molecule has 5 heterocycles. The number of fused-ring (bicyclic) bond motifs is 1. The van der Waals surface area contributed by atoms with E-state index in [4.69, 9.17) is 35.2 Å². The van der Waals surface area contributed by atoms with E-state index in [9.17, 15) is 33.6 Å². The lowest BCUT2D eigenvalue weighted by Crippen LogP contribution is -2.54. The maximum absolute atomic E-state index is 13.6. The summed E-state index contributed by atoms with van der Waals surface area (Å²) in [5.74, 6) is -1.50. The smallest absolute Gasteiger partial charge is 0.410 e. The van der Waals surface area contributed by atoms with Crippen LogP contribution in [0.4, 0.5) is 22.1 Å². The molecule has 0 unspecified atom stereocenters. The van der Waals surface area contributed by atoms with Crippen molar-refractivity contribution in [3.63, 3.8) is 0 Å². The number of amides is 6. The lowest BCUT2D eigenvalue weighted by molar-refractivity contribution is -0.137. The number of pyridine rings is 1. The van der Waals surface area contributed by atoms with E-state index in [2.05, 4.69) is 40.8 Å². The van der Waals surface area contributed by atoms with Crippen LogP contribution < -0.4 is 42.7 Å². The number of aromatic nitrogens is 5. The number of rotatable bonds is 31. The number of hydrogen-bond acceptors (Lipinski definition) is 18. The second-order valence-electron chi connectivity index (χ2n) is 18.4. The number of aromatic amines is 1. The highest BCUT2D eigenvalue weighted by Gasteiger charge is 2.29. The Labute approximate surface area is 440 Å². The van der Waals surface area contributed by atoms with Gasteiger partial charge in [0.15, 0.2) is 11.5 Å². The molecule has 4 aromatic rings. The Morgan fingerprint density at radius 1 is 0.789 bits per heavy atom. The lowest BCUT2D eigenvalue weighted by atomic mass is 10.0. The first-order valence-electron chi connectivity index (χ1n) is 25.7. The van der Waals surface area contributed by atoms with Crippen molar-refractivity contribution in [3.05, 3.63) is 76.4 Å². The molecule has 6 rings (SSSR count). The number of ether oxygens (including phenoxy) is 5. The monoisotopic (exact) mass is 1060 g/mol. The van der Waals surface area contributed by atoms with Crippen molar-refractivity contribution >= 4 is 64.1 Å². The van der Waals surface area contributed by atoms with Crippen LogP contribution in [-0.2, 0) is 56.1 Å². The zero-order chi connectivity index (χ0) is 54.4. The molecule has 0 spiro atoms. The molecule has 2 aliphatic heterocycles. The number of nitrogens with two attached hydrogens (primary N) is 2. The third-order valence-electron chi connectivity index (χ3n) is 12.4. The molecule has 0 aliphatic carbocycles. The van der Waals surface area contributed by atoms with Gasteiger partial charge in [-0.25, -0.2) is 14.6 Å². The van der Waals surface area contributed by atoms with E-state index < -0.39 is 35.9 Å². The summed E-state index contributed by atoms with van der Waals surface area (Å²) in [6.07, 6.45) is 6.99. The minimum atomic E-state index is -0.916. The number of nitrogens with zero attached hydrogens (tertiary/aromatic N) is 7. The SMILES string of the molecule is CCCCOc1nc(N)c2[nH]c(=O)n(Cc3ccc(N4CCN(C(=O)OCc5ccc(NC(=O)[C@H](CCCCN)NC(=O)[C@@H](NC(=O)CCOCCOCCOCCN6C(=O)C=CC6=O)C(C)C)cc5)CC4)nc3)c2n1. The average Bonchev–Trinajstić information content (AvgIpc) is 3.91. The van der Waals surface area contributed by atoms with Gasteiger partial charge < -0.3 is 65.9 Å². The van der Waals surface area contributed by atoms with Gasteiger partial charge in [-0.3, -0.25) is 33.4 Å². The fraction of sp³-hybridized carbons (Fsp3) is 0.529. The minimum Gasteiger partial charge on any atom is -0.463 e. The molecule has 0 radical (unpaired) electrons. The fourth-order valence-electron chi connectivity index (χ4n) is 8.02. The van der Waals surface area contributed by atoms with E-state index in [-0.39, 0.29) is 101 Å². The van der Waals surface area contributed by atoms with Crippen LogP contribution in [0.5, 0.6) is 6.01 Å². The largest absolute Gasteiger partial charge is 0.463 e. The van der Waals surface area contributed by atoms with Gasteiger partial charge in [0.05, 0.1) is 59.3 Å². The van der Waals surface area contributed by atoms with Crippen LogP contribution in [0.3, 0.4) is 0 Å². The highest BCUT2D eigenvalue weighted by molar-refractivity contribution is 6.12. The molecule has 0 saturated carbocycles. The fourth-order valence-corrected chi connectivity index (χ4v) is 8.02. The van der Waals surface area contributed by atoms with Gasteiger partial charge in [0.2, 0.25) is 17.7 Å². The number of nitrogen functional groups attached to an aromatic ring is 1. The Bertz CT molecular complexity index is 2630. The van der Waals surface area contributed by atoms with Gasteiger partial charge in [-0.1, -0.05) is 45.4 Å². The van der Waals surface area contributed by atoms with E-state index in [1.54, 1.807) is 49.2 Å². The predicted molar refractivity (Wildman–Crippen MR) is 280 cm³/mol. The molecule has 8 N–H and O–H groups in total. The number of anilines is 3. The molecule has 25 heteroatoms. The lowest BCUT2D eigenvalue weighted by Gasteiger charge is -2.34. The first-order valence-corrected chi connectivity index (χ1v) is 25.7. The van der Waals surface area contributed by atoms with E-state index in [1.807, 2.05) is 19.1 Å². The molecule has 412 valence electrons. The molecular formula is C51H71N13O12. The average molecular weight is 1060 g/mol. The number of nitrogens with one attached hydrogen (secondary N) is 4. The zero-order valence-corrected chi connectivity index (χ0v) is 43.5. The van der Waals surface area contributed by atoms with Gasteiger partial charge in [-0.05, 0) is 67.5 Å². The molecule has 76 heavy (non-hydrogen) atoms. The van der Waals surface area contributed by atoms with Gasteiger partial charge >= 0.3 is 17.8 Å². The second kappa shape index (κ2) is 29.6. The van der Waals surface area contributed by atoms with Gasteiger partial charge in [0, 0.05) is 56.6 Å². The summed E-state index contributed by atoms with van der Waals surface area (Å²) in [6.45, 7) is 10.1. The highest BCUT2D eigenvalue weighted by atomic mass is 16.6. The minimum absolute atomic E-state index is 0.00297. The number of carbonyl (C=O) groups excluding carboxylic acids is 6. The molecule has 1 saturated heterocycles. The van der Waals surface area contributed by atoms with Crippen molar-refractivity contribution in [3.8, 4) is 6.01 Å². The van der Waals surface area contributed by atoms with Crippen LogP contribution in [0.25, 0.3) is 11.2 Å². The Kier molecular flexibility index (Phi) is 22.5. The summed E-state index contributed by atoms with van der Waals surface area (Å²) in [6, 6.07) is 8.89. The standard InChI is InChI=1S/C51H71N13O12/c1-4-5-24-75-49-59-45(53)44-46(60-49)64(50(70)58-44)32-36-11-14-39(54-31-36)61-19-21-62(22-20-61)51(71)76-33-35-9-12-37(13-10-35)55-47(68)38(8-6-7-18-52)56-48(69)43(34(2)3)57-40(65)17-25-72-27-29-74-30-28-73-26-23-63-41(66)15-16-42(63)67/h9-16,31,34,38,43H,4-8,17-30,32-33,52H2,1-3H3,(H,55,68)(H,56,69)(H,57,65)(H,58,70)(H2,53,59,60)/t38-,43-/m0/s1. The summed E-state index contributed by atoms with van der Waals surface area (Å²) in [5, 5.41) is 8.47. The number of unbranched alkanes of at least 4 members (excludes halogenated alkanes) is 2. The van der Waals surface area contributed by atoms with Crippen molar-refractivity contribution in [2.75, 3.05) is 101 Å². The molecule has 2 aliphatic rings. The Morgan fingerprint density at radius 2 is 1.47 bits per heavy atom. The number of benzene rings is 1. The summed E-state index contributed by atoms with van der Waals surface area (Å²) < 4.78 is 29.1. The van der Waals surface area contributed by atoms with Gasteiger partial charge in [-0.2, -0.15) is 9.97 Å². The summed E-state index contributed by atoms with van der Waals surface area (Å²) >= 11 is 0. The molecule has 3 aromatic heterocycles. The predicted octanol–water partition coefficient (Wildman–Crippen LogP) is 1.84. The maximum Gasteiger partial charge on any atom is 0.410 e. The number of piperazine rings is 1. The quantitative estimate of drug-likeness (QED) is 0.0309. The molecule has 6 amide bonds. The number of hydrogen-bond donors (Lipinski definition) is 6. The molecule has 0 bridgehead atoms. The summed E-state index contributed by atoms with van der Waals surface area (Å²) in [7, 11) is 0. The molecule has 2 atom stereocenters. The molecule has 1 fully saturated rings.